The molecule has 1 amide bonds. The van der Waals surface area contributed by atoms with E-state index in [-0.39, 0.29) is 11.9 Å². The summed E-state index contributed by atoms with van der Waals surface area (Å²) < 4.78 is 7.46. The van der Waals surface area contributed by atoms with Crippen molar-refractivity contribution in [3.05, 3.63) is 36.2 Å². The first-order valence-corrected chi connectivity index (χ1v) is 9.31. The molecule has 0 aliphatic rings. The lowest BCUT2D eigenvalue weighted by Crippen LogP contribution is -2.34. The maximum atomic E-state index is 12.7. The summed E-state index contributed by atoms with van der Waals surface area (Å²) in [6, 6.07) is 3.89. The van der Waals surface area contributed by atoms with Crippen LogP contribution in [0.1, 0.15) is 51.0 Å². The Balaban J connectivity index is 1.98. The van der Waals surface area contributed by atoms with Crippen LogP contribution in [0, 0.1) is 0 Å². The Morgan fingerprint density at radius 3 is 2.84 bits per heavy atom. The third-order valence-corrected chi connectivity index (χ3v) is 4.66. The topological polar surface area (TPSA) is 50.4 Å². The van der Waals surface area contributed by atoms with Crippen LogP contribution in [0.4, 0.5) is 0 Å². The van der Waals surface area contributed by atoms with Crippen LogP contribution in [0.15, 0.2) is 35.0 Å². The van der Waals surface area contributed by atoms with E-state index in [1.54, 1.807) is 6.26 Å². The highest BCUT2D eigenvalue weighted by atomic mass is 16.3. The van der Waals surface area contributed by atoms with Crippen molar-refractivity contribution in [2.75, 3.05) is 19.6 Å². The highest BCUT2D eigenvalue weighted by Gasteiger charge is 2.18. The molecule has 0 saturated carbocycles. The van der Waals surface area contributed by atoms with Crippen LogP contribution in [0.5, 0.6) is 0 Å². The van der Waals surface area contributed by atoms with Crippen molar-refractivity contribution >= 4 is 17.0 Å². The van der Waals surface area contributed by atoms with Crippen molar-refractivity contribution in [2.24, 2.45) is 0 Å². The fourth-order valence-corrected chi connectivity index (χ4v) is 3.10. The molecule has 25 heavy (non-hydrogen) atoms. The fraction of sp³-hybridized carbons (Fsp3) is 0.550. The van der Waals surface area contributed by atoms with Gasteiger partial charge >= 0.3 is 0 Å². The second kappa shape index (κ2) is 9.47. The van der Waals surface area contributed by atoms with Crippen molar-refractivity contribution in [1.29, 1.82) is 0 Å². The summed E-state index contributed by atoms with van der Waals surface area (Å²) in [5.41, 5.74) is 2.37. The minimum absolute atomic E-state index is 0.0359. The Kier molecular flexibility index (Phi) is 7.31. The number of fused-ring (bicyclic) bond motifs is 1. The van der Waals surface area contributed by atoms with Gasteiger partial charge < -0.3 is 19.2 Å². The first-order valence-electron chi connectivity index (χ1n) is 9.31. The zero-order valence-corrected chi connectivity index (χ0v) is 15.9. The molecule has 1 atom stereocenters. The van der Waals surface area contributed by atoms with Crippen LogP contribution >= 0.6 is 0 Å². The third kappa shape index (κ3) is 4.98. The van der Waals surface area contributed by atoms with Gasteiger partial charge in [-0.05, 0) is 46.3 Å². The average Bonchev–Trinajstić information content (AvgIpc) is 3.18. The molecule has 1 unspecified atom stereocenters. The predicted octanol–water partition coefficient (Wildman–Crippen LogP) is 4.05. The summed E-state index contributed by atoms with van der Waals surface area (Å²) in [5.74, 6) is -0.0359. The summed E-state index contributed by atoms with van der Waals surface area (Å²) in [6.45, 7) is 12.3. The van der Waals surface area contributed by atoms with Crippen molar-refractivity contribution in [1.82, 2.24) is 14.8 Å². The van der Waals surface area contributed by atoms with Gasteiger partial charge in [0, 0.05) is 24.7 Å². The van der Waals surface area contributed by atoms with Gasteiger partial charge in [-0.1, -0.05) is 26.0 Å². The summed E-state index contributed by atoms with van der Waals surface area (Å²) in [6.07, 6.45) is 7.76. The van der Waals surface area contributed by atoms with Gasteiger partial charge in [0.05, 0.1) is 11.8 Å². The number of hydrogen-bond donors (Lipinski definition) is 1. The van der Waals surface area contributed by atoms with Gasteiger partial charge in [-0.3, -0.25) is 4.79 Å². The van der Waals surface area contributed by atoms with Crippen LogP contribution in [-0.2, 0) is 6.54 Å². The number of carbonyl (C=O) groups is 1. The Bertz CT molecular complexity index is 695. The third-order valence-electron chi connectivity index (χ3n) is 4.66. The van der Waals surface area contributed by atoms with Crippen LogP contribution in [0.2, 0.25) is 0 Å². The van der Waals surface area contributed by atoms with E-state index in [1.165, 1.54) is 0 Å². The van der Waals surface area contributed by atoms with Gasteiger partial charge in [-0.25, -0.2) is 0 Å². The molecule has 0 aliphatic heterocycles. The largest absolute Gasteiger partial charge is 0.463 e. The molecule has 2 rings (SSSR count). The molecule has 0 aliphatic carbocycles. The first-order chi connectivity index (χ1) is 12.1. The van der Waals surface area contributed by atoms with E-state index in [0.29, 0.717) is 12.2 Å². The van der Waals surface area contributed by atoms with Gasteiger partial charge in [-0.15, -0.1) is 0 Å². The molecule has 2 aromatic rings. The van der Waals surface area contributed by atoms with Crippen molar-refractivity contribution in [2.45, 2.75) is 53.1 Å². The molecular formula is C20H31N3O2. The minimum Gasteiger partial charge on any atom is -0.463 e. The van der Waals surface area contributed by atoms with Gasteiger partial charge in [0.25, 0.3) is 5.91 Å². The molecule has 5 heteroatoms. The molecule has 0 saturated heterocycles. The number of hydrogen-bond acceptors (Lipinski definition) is 3. The van der Waals surface area contributed by atoms with E-state index in [4.69, 9.17) is 4.42 Å². The molecule has 0 spiro atoms. The number of furan rings is 1. The van der Waals surface area contributed by atoms with Crippen LogP contribution in [0.3, 0.4) is 0 Å². The van der Waals surface area contributed by atoms with Crippen molar-refractivity contribution < 1.29 is 9.21 Å². The Morgan fingerprint density at radius 1 is 1.40 bits per heavy atom. The lowest BCUT2D eigenvalue weighted by molar-refractivity contribution is 0.0928. The summed E-state index contributed by atoms with van der Waals surface area (Å²) in [7, 11) is 0. The number of amides is 1. The molecule has 5 nitrogen and oxygen atoms in total. The number of nitrogens with zero attached hydrogens (tertiary/aromatic N) is 2. The smallest absolute Gasteiger partial charge is 0.268 e. The highest BCUT2D eigenvalue weighted by molar-refractivity contribution is 5.97. The van der Waals surface area contributed by atoms with Gasteiger partial charge in [0.15, 0.2) is 5.58 Å². The van der Waals surface area contributed by atoms with Crippen LogP contribution in [-0.4, -0.2) is 41.1 Å². The highest BCUT2D eigenvalue weighted by Crippen LogP contribution is 2.21. The zero-order chi connectivity index (χ0) is 18.2. The van der Waals surface area contributed by atoms with Crippen molar-refractivity contribution in [3.63, 3.8) is 0 Å². The van der Waals surface area contributed by atoms with E-state index in [9.17, 15) is 4.79 Å². The Morgan fingerprint density at radius 2 is 2.16 bits per heavy atom. The standard InChI is InChI=1S/C20H31N3O2/c1-5-8-13-23-17-11-14-25-19(17)15-18(23)20(24)21-16(4)10-9-12-22(6-2)7-3/h5,8,11,14-16H,6-7,9-10,12-13H2,1-4H3,(H,21,24)/b8-5-. The predicted molar refractivity (Wildman–Crippen MR) is 103 cm³/mol. The Labute approximate surface area is 150 Å². The van der Waals surface area contributed by atoms with Crippen LogP contribution < -0.4 is 5.32 Å². The summed E-state index contributed by atoms with van der Waals surface area (Å²) in [4.78, 5) is 15.1. The molecular weight excluding hydrogens is 314 g/mol. The Hall–Kier alpha value is -2.01. The normalized spacial score (nSPS) is 13.2. The lowest BCUT2D eigenvalue weighted by atomic mass is 10.1. The van der Waals surface area contributed by atoms with E-state index in [2.05, 4.69) is 31.0 Å². The minimum atomic E-state index is -0.0359. The van der Waals surface area contributed by atoms with Crippen molar-refractivity contribution in [3.8, 4) is 0 Å². The maximum absolute atomic E-state index is 12.7. The fourth-order valence-electron chi connectivity index (χ4n) is 3.10. The number of carbonyl (C=O) groups excluding carboxylic acids is 1. The van der Waals surface area contributed by atoms with Gasteiger partial charge in [0.2, 0.25) is 0 Å². The number of allylic oxidation sites excluding steroid dienone is 2. The molecule has 0 fully saturated rings. The van der Waals surface area contributed by atoms with E-state index in [1.807, 2.05) is 35.8 Å². The number of rotatable bonds is 10. The summed E-state index contributed by atoms with van der Waals surface area (Å²) >= 11 is 0. The summed E-state index contributed by atoms with van der Waals surface area (Å²) in [5, 5.41) is 3.13. The van der Waals surface area contributed by atoms with E-state index >= 15 is 0 Å². The number of aromatic nitrogens is 1. The quantitative estimate of drug-likeness (QED) is 0.661. The molecule has 2 aromatic heterocycles. The first kappa shape index (κ1) is 19.3. The molecule has 0 radical (unpaired) electrons. The monoisotopic (exact) mass is 345 g/mol. The van der Waals surface area contributed by atoms with E-state index in [0.717, 1.165) is 43.6 Å². The molecule has 0 aromatic carbocycles. The second-order valence-electron chi connectivity index (χ2n) is 6.42. The lowest BCUT2D eigenvalue weighted by Gasteiger charge is -2.20. The van der Waals surface area contributed by atoms with Gasteiger partial charge in [0.1, 0.15) is 5.69 Å². The molecule has 0 bridgehead atoms. The maximum Gasteiger partial charge on any atom is 0.268 e. The molecule has 2 heterocycles. The van der Waals surface area contributed by atoms with Gasteiger partial charge in [-0.2, -0.15) is 0 Å². The van der Waals surface area contributed by atoms with Crippen LogP contribution in [0.25, 0.3) is 11.1 Å². The molecule has 138 valence electrons. The SMILES string of the molecule is C/C=C\Cn1c(C(=O)NC(C)CCCN(CC)CC)cc2occc21. The zero-order valence-electron chi connectivity index (χ0n) is 15.9. The molecule has 1 N–H and O–H groups in total. The number of nitrogens with one attached hydrogen (secondary N) is 1. The van der Waals surface area contributed by atoms with E-state index < -0.39 is 0 Å². The average molecular weight is 345 g/mol. The second-order valence-corrected chi connectivity index (χ2v) is 6.42.